The van der Waals surface area contributed by atoms with Crippen LogP contribution in [0.2, 0.25) is 5.02 Å². The van der Waals surface area contributed by atoms with E-state index in [1.807, 2.05) is 0 Å². The van der Waals surface area contributed by atoms with Crippen molar-refractivity contribution in [1.29, 1.82) is 0 Å². The van der Waals surface area contributed by atoms with Crippen LogP contribution in [0.15, 0.2) is 54.6 Å². The molecule has 35 heavy (non-hydrogen) atoms. The number of carbonyl (C=O) groups is 2. The lowest BCUT2D eigenvalue weighted by Crippen LogP contribution is -2.45. The molecule has 0 saturated carbocycles. The average Bonchev–Trinajstić information content (AvgIpc) is 2.85. The van der Waals surface area contributed by atoms with Gasteiger partial charge in [0.25, 0.3) is 5.91 Å². The summed E-state index contributed by atoms with van der Waals surface area (Å²) >= 11 is 6.12. The van der Waals surface area contributed by atoms with Gasteiger partial charge >= 0.3 is 0 Å². The summed E-state index contributed by atoms with van der Waals surface area (Å²) in [5.41, 5.74) is 1.33. The summed E-state index contributed by atoms with van der Waals surface area (Å²) in [4.78, 5) is 28.3. The third-order valence-electron chi connectivity index (χ3n) is 6.15. The minimum atomic E-state index is -0.983. The van der Waals surface area contributed by atoms with Gasteiger partial charge in [-0.15, -0.1) is 0 Å². The molecule has 1 aliphatic rings. The predicted octanol–water partition coefficient (Wildman–Crippen LogP) is 4.86. The molecule has 4 rings (SSSR count). The predicted molar refractivity (Wildman–Crippen MR) is 127 cm³/mol. The Morgan fingerprint density at radius 3 is 2.37 bits per heavy atom. The highest BCUT2D eigenvalue weighted by Gasteiger charge is 2.44. The van der Waals surface area contributed by atoms with E-state index in [-0.39, 0.29) is 28.6 Å². The quantitative estimate of drug-likeness (QED) is 0.525. The fraction of sp³-hybridized carbons (Fsp3) is 0.231. The Kier molecular flexibility index (Phi) is 6.93. The fourth-order valence-electron chi connectivity index (χ4n) is 4.39. The van der Waals surface area contributed by atoms with Crippen LogP contribution in [0.3, 0.4) is 0 Å². The SMILES string of the molecule is COc1cc2c(cc1OC)[C@@H](C(=O)NCc1ccc(F)cc1Cl)[C@@H](c1ccccc1F)N(C)C2=O. The van der Waals surface area contributed by atoms with Gasteiger partial charge < -0.3 is 19.7 Å². The Morgan fingerprint density at radius 1 is 1.03 bits per heavy atom. The van der Waals surface area contributed by atoms with Crippen LogP contribution in [-0.4, -0.2) is 38.0 Å². The van der Waals surface area contributed by atoms with E-state index in [2.05, 4.69) is 5.32 Å². The Hall–Kier alpha value is -3.65. The van der Waals surface area contributed by atoms with Crippen molar-refractivity contribution in [2.75, 3.05) is 21.3 Å². The van der Waals surface area contributed by atoms with Crippen molar-refractivity contribution in [1.82, 2.24) is 10.2 Å². The van der Waals surface area contributed by atoms with E-state index >= 15 is 0 Å². The summed E-state index contributed by atoms with van der Waals surface area (Å²) in [5.74, 6) is -2.22. The number of methoxy groups -OCH3 is 2. The third-order valence-corrected chi connectivity index (χ3v) is 6.50. The molecule has 2 amide bonds. The smallest absolute Gasteiger partial charge is 0.254 e. The van der Waals surface area contributed by atoms with Crippen molar-refractivity contribution < 1.29 is 27.8 Å². The molecule has 1 heterocycles. The lowest BCUT2D eigenvalue weighted by Gasteiger charge is -2.40. The van der Waals surface area contributed by atoms with Crippen LogP contribution >= 0.6 is 11.6 Å². The Morgan fingerprint density at radius 2 is 1.71 bits per heavy atom. The summed E-state index contributed by atoms with van der Waals surface area (Å²) in [6.07, 6.45) is 0. The number of fused-ring (bicyclic) bond motifs is 1. The number of nitrogens with zero attached hydrogens (tertiary/aromatic N) is 1. The number of hydrogen-bond donors (Lipinski definition) is 1. The summed E-state index contributed by atoms with van der Waals surface area (Å²) in [7, 11) is 4.41. The number of ether oxygens (including phenoxy) is 2. The third kappa shape index (κ3) is 4.53. The summed E-state index contributed by atoms with van der Waals surface area (Å²) in [6, 6.07) is 12.1. The van der Waals surface area contributed by atoms with Crippen LogP contribution in [0.1, 0.15) is 39.0 Å². The zero-order chi connectivity index (χ0) is 25.3. The van der Waals surface area contributed by atoms with Crippen LogP contribution in [0.25, 0.3) is 0 Å². The molecule has 0 saturated heterocycles. The lowest BCUT2D eigenvalue weighted by atomic mass is 9.79. The van der Waals surface area contributed by atoms with Gasteiger partial charge in [-0.3, -0.25) is 9.59 Å². The minimum absolute atomic E-state index is 0.0126. The second-order valence-corrected chi connectivity index (χ2v) is 8.52. The van der Waals surface area contributed by atoms with Gasteiger partial charge in [0, 0.05) is 29.7 Å². The molecule has 0 fully saturated rings. The molecular weight excluding hydrogens is 478 g/mol. The van der Waals surface area contributed by atoms with Crippen LogP contribution in [0.4, 0.5) is 8.78 Å². The number of amides is 2. The fourth-order valence-corrected chi connectivity index (χ4v) is 4.63. The number of rotatable bonds is 6. The molecule has 0 unspecified atom stereocenters. The molecule has 3 aromatic carbocycles. The van der Waals surface area contributed by atoms with Gasteiger partial charge in [0.1, 0.15) is 11.6 Å². The zero-order valence-corrected chi connectivity index (χ0v) is 20.0. The summed E-state index contributed by atoms with van der Waals surface area (Å²) in [6.45, 7) is 0.0126. The van der Waals surface area contributed by atoms with Gasteiger partial charge in [-0.05, 0) is 41.5 Å². The van der Waals surface area contributed by atoms with Gasteiger partial charge in [0.2, 0.25) is 5.91 Å². The Balaban J connectivity index is 1.82. The van der Waals surface area contributed by atoms with E-state index in [1.54, 1.807) is 18.2 Å². The normalized spacial score (nSPS) is 17.1. The number of carbonyl (C=O) groups excluding carboxylic acids is 2. The van der Waals surface area contributed by atoms with Gasteiger partial charge in [0.05, 0.1) is 26.2 Å². The first-order valence-electron chi connectivity index (χ1n) is 10.8. The van der Waals surface area contributed by atoms with Crippen molar-refractivity contribution in [3.8, 4) is 11.5 Å². The number of nitrogens with one attached hydrogen (secondary N) is 1. The largest absolute Gasteiger partial charge is 0.493 e. The highest BCUT2D eigenvalue weighted by molar-refractivity contribution is 6.31. The molecule has 9 heteroatoms. The molecule has 0 aromatic heterocycles. The number of benzene rings is 3. The molecule has 3 aromatic rings. The Labute approximate surface area is 206 Å². The molecule has 0 radical (unpaired) electrons. The maximum Gasteiger partial charge on any atom is 0.254 e. The van der Waals surface area contributed by atoms with Crippen LogP contribution in [0.5, 0.6) is 11.5 Å². The maximum atomic E-state index is 14.9. The number of halogens is 3. The van der Waals surface area contributed by atoms with E-state index < -0.39 is 29.5 Å². The standard InChI is InChI=1S/C26H23ClF2N2O4/c1-31-24(16-6-4-5-7-20(16)29)23(25(32)30-13-14-8-9-15(28)10-19(14)27)17-11-21(34-2)22(35-3)12-18(17)26(31)33/h4-12,23-24H,13H2,1-3H3,(H,30,32)/t23-,24-/m1/s1. The Bertz CT molecular complexity index is 1300. The average molecular weight is 501 g/mol. The summed E-state index contributed by atoms with van der Waals surface area (Å²) in [5, 5.41) is 2.98. The van der Waals surface area contributed by atoms with E-state index in [1.165, 1.54) is 56.5 Å². The number of hydrogen-bond acceptors (Lipinski definition) is 4. The number of likely N-dealkylation sites (N-methyl/N-ethyl adjacent to an activating group) is 1. The topological polar surface area (TPSA) is 67.9 Å². The van der Waals surface area contributed by atoms with Crippen LogP contribution in [0, 0.1) is 11.6 Å². The van der Waals surface area contributed by atoms with Crippen LogP contribution < -0.4 is 14.8 Å². The van der Waals surface area contributed by atoms with Crippen molar-refractivity contribution in [2.24, 2.45) is 0 Å². The van der Waals surface area contributed by atoms with Gasteiger partial charge in [-0.25, -0.2) is 8.78 Å². The first-order valence-corrected chi connectivity index (χ1v) is 11.1. The second kappa shape index (κ2) is 9.92. The first-order chi connectivity index (χ1) is 16.8. The van der Waals surface area contributed by atoms with E-state index in [0.717, 1.165) is 6.07 Å². The first kappa shape index (κ1) is 24.5. The van der Waals surface area contributed by atoms with Gasteiger partial charge in [-0.2, -0.15) is 0 Å². The molecule has 2 atom stereocenters. The molecule has 6 nitrogen and oxygen atoms in total. The van der Waals surface area contributed by atoms with Crippen molar-refractivity contribution in [2.45, 2.75) is 18.5 Å². The molecule has 0 spiro atoms. The van der Waals surface area contributed by atoms with Crippen molar-refractivity contribution in [3.63, 3.8) is 0 Å². The van der Waals surface area contributed by atoms with Crippen molar-refractivity contribution >= 4 is 23.4 Å². The lowest BCUT2D eigenvalue weighted by molar-refractivity contribution is -0.124. The molecular formula is C26H23ClF2N2O4. The van der Waals surface area contributed by atoms with Crippen LogP contribution in [-0.2, 0) is 11.3 Å². The molecule has 0 aliphatic carbocycles. The molecule has 1 aliphatic heterocycles. The second-order valence-electron chi connectivity index (χ2n) is 8.11. The molecule has 182 valence electrons. The highest BCUT2D eigenvalue weighted by Crippen LogP contribution is 2.46. The van der Waals surface area contributed by atoms with E-state index in [0.29, 0.717) is 22.6 Å². The van der Waals surface area contributed by atoms with Crippen molar-refractivity contribution in [3.05, 3.63) is 93.5 Å². The maximum absolute atomic E-state index is 14.9. The van der Waals surface area contributed by atoms with E-state index in [4.69, 9.17) is 21.1 Å². The summed E-state index contributed by atoms with van der Waals surface area (Å²) < 4.78 is 39.1. The zero-order valence-electron chi connectivity index (χ0n) is 19.3. The van der Waals surface area contributed by atoms with Gasteiger partial charge in [-0.1, -0.05) is 35.9 Å². The molecule has 1 N–H and O–H groups in total. The van der Waals surface area contributed by atoms with Gasteiger partial charge in [0.15, 0.2) is 11.5 Å². The monoisotopic (exact) mass is 500 g/mol. The highest BCUT2D eigenvalue weighted by atomic mass is 35.5. The molecule has 0 bridgehead atoms. The van der Waals surface area contributed by atoms with E-state index in [9.17, 15) is 18.4 Å². The minimum Gasteiger partial charge on any atom is -0.493 e.